The Morgan fingerprint density at radius 3 is 2.50 bits per heavy atom. The third-order valence-electron chi connectivity index (χ3n) is 1.60. The molecule has 8 nitrogen and oxygen atoms in total. The van der Waals surface area contributed by atoms with Crippen LogP contribution in [0.1, 0.15) is 6.42 Å². The number of rotatable bonds is 3. The lowest BCUT2D eigenvalue weighted by atomic mass is 10.4. The Labute approximate surface area is 79.5 Å². The van der Waals surface area contributed by atoms with Crippen LogP contribution < -0.4 is 5.48 Å². The van der Waals surface area contributed by atoms with Gasteiger partial charge in [0.15, 0.2) is 5.25 Å². The van der Waals surface area contributed by atoms with Crippen LogP contribution in [0.2, 0.25) is 0 Å². The minimum atomic E-state index is -4.56. The van der Waals surface area contributed by atoms with Crippen molar-refractivity contribution in [3.8, 4) is 0 Å². The lowest BCUT2D eigenvalue weighted by molar-refractivity contribution is -0.205. The maximum Gasteiger partial charge on any atom is 0.277 e. The van der Waals surface area contributed by atoms with E-state index in [0.717, 1.165) is 0 Å². The van der Waals surface area contributed by atoms with E-state index in [1.807, 2.05) is 0 Å². The van der Waals surface area contributed by atoms with Crippen molar-refractivity contribution in [3.63, 3.8) is 0 Å². The molecule has 2 amide bonds. The third-order valence-corrected chi connectivity index (χ3v) is 2.69. The highest BCUT2D eigenvalue weighted by molar-refractivity contribution is 7.87. The lowest BCUT2D eigenvalue weighted by Gasteiger charge is -2.10. The number of carbonyl (C=O) groups excluding carboxylic acids is 2. The van der Waals surface area contributed by atoms with Gasteiger partial charge in [0.25, 0.3) is 21.9 Å². The molecule has 1 heterocycles. The van der Waals surface area contributed by atoms with Crippen LogP contribution in [0.5, 0.6) is 0 Å². The van der Waals surface area contributed by atoms with Crippen molar-refractivity contribution in [1.29, 1.82) is 0 Å². The minimum absolute atomic E-state index is 0.262. The monoisotopic (exact) mass is 224 g/mol. The summed E-state index contributed by atoms with van der Waals surface area (Å²) in [5.41, 5.74) is 2.05. The van der Waals surface area contributed by atoms with Crippen LogP contribution in [0.4, 0.5) is 0 Å². The maximum absolute atomic E-state index is 11.2. The summed E-state index contributed by atoms with van der Waals surface area (Å²) in [5, 5.41) is -1.50. The molecule has 0 aromatic carbocycles. The van der Waals surface area contributed by atoms with Crippen LogP contribution in [0.15, 0.2) is 0 Å². The largest absolute Gasteiger partial charge is 0.285 e. The summed E-state index contributed by atoms with van der Waals surface area (Å²) in [5.74, 6) is -1.93. The van der Waals surface area contributed by atoms with E-state index in [1.165, 1.54) is 7.05 Å². The maximum atomic E-state index is 11.2. The van der Waals surface area contributed by atoms with Gasteiger partial charge in [0.05, 0.1) is 6.42 Å². The molecule has 1 saturated heterocycles. The number of nitrogens with one attached hydrogen (secondary N) is 1. The molecule has 1 fully saturated rings. The van der Waals surface area contributed by atoms with Crippen LogP contribution in [-0.4, -0.2) is 42.1 Å². The Kier molecular flexibility index (Phi) is 2.85. The van der Waals surface area contributed by atoms with Crippen molar-refractivity contribution in [1.82, 2.24) is 10.5 Å². The Balaban J connectivity index is 2.90. The first kappa shape index (κ1) is 11.0. The Bertz CT molecular complexity index is 362. The van der Waals surface area contributed by atoms with Gasteiger partial charge in [-0.15, -0.1) is 5.06 Å². The highest BCUT2D eigenvalue weighted by atomic mass is 32.2. The zero-order valence-corrected chi connectivity index (χ0v) is 7.94. The van der Waals surface area contributed by atoms with E-state index in [-0.39, 0.29) is 5.06 Å². The number of imide groups is 1. The van der Waals surface area contributed by atoms with Crippen molar-refractivity contribution in [2.75, 3.05) is 7.05 Å². The molecular weight excluding hydrogens is 216 g/mol. The predicted molar refractivity (Wildman–Crippen MR) is 42.0 cm³/mol. The fourth-order valence-corrected chi connectivity index (χ4v) is 1.71. The summed E-state index contributed by atoms with van der Waals surface area (Å²) < 4.78 is 29.8. The van der Waals surface area contributed by atoms with Crippen molar-refractivity contribution in [3.05, 3.63) is 0 Å². The molecular formula is C5H8N2O6S. The number of amides is 2. The summed E-state index contributed by atoms with van der Waals surface area (Å²) >= 11 is 0. The standard InChI is InChI=1S/C5H8N2O6S/c1-6-13-7-4(8)2-3(5(7)9)14(10,11)12/h3,6H,2H2,1H3,(H,10,11,12). The van der Waals surface area contributed by atoms with Gasteiger partial charge in [0.2, 0.25) is 0 Å². The van der Waals surface area contributed by atoms with Crippen molar-refractivity contribution >= 4 is 21.9 Å². The van der Waals surface area contributed by atoms with Crippen molar-refractivity contribution in [2.45, 2.75) is 11.7 Å². The molecule has 2 N–H and O–H groups in total. The molecule has 1 atom stereocenters. The lowest BCUT2D eigenvalue weighted by Crippen LogP contribution is -2.37. The van der Waals surface area contributed by atoms with Gasteiger partial charge >= 0.3 is 0 Å². The SMILES string of the molecule is CNON1C(=O)CC(S(=O)(=O)O)C1=O. The second-order valence-corrected chi connectivity index (χ2v) is 4.13. The third kappa shape index (κ3) is 1.90. The van der Waals surface area contributed by atoms with Gasteiger partial charge in [-0.2, -0.15) is 18.8 Å². The summed E-state index contributed by atoms with van der Waals surface area (Å²) in [7, 11) is -3.26. The molecule has 9 heteroatoms. The van der Waals surface area contributed by atoms with Crippen LogP contribution in [0.3, 0.4) is 0 Å². The van der Waals surface area contributed by atoms with E-state index in [0.29, 0.717) is 0 Å². The molecule has 80 valence electrons. The first-order valence-corrected chi connectivity index (χ1v) is 5.05. The molecule has 1 aliphatic rings. The molecule has 0 saturated carbocycles. The summed E-state index contributed by atoms with van der Waals surface area (Å²) in [6.07, 6.45) is -0.612. The summed E-state index contributed by atoms with van der Waals surface area (Å²) in [6, 6.07) is 0. The Hall–Kier alpha value is -1.03. The summed E-state index contributed by atoms with van der Waals surface area (Å²) in [6.45, 7) is 0. The normalized spacial score (nSPS) is 23.3. The first-order valence-electron chi connectivity index (χ1n) is 3.54. The zero-order valence-electron chi connectivity index (χ0n) is 7.13. The predicted octanol–water partition coefficient (Wildman–Crippen LogP) is -1.93. The number of nitrogens with zero attached hydrogens (tertiary/aromatic N) is 1. The highest BCUT2D eigenvalue weighted by Crippen LogP contribution is 2.18. The second kappa shape index (κ2) is 3.61. The van der Waals surface area contributed by atoms with Gasteiger partial charge in [0.1, 0.15) is 0 Å². The molecule has 0 bridgehead atoms. The Morgan fingerprint density at radius 1 is 1.57 bits per heavy atom. The quantitative estimate of drug-likeness (QED) is 0.326. The second-order valence-electron chi connectivity index (χ2n) is 2.53. The molecule has 1 rings (SSSR count). The van der Waals surface area contributed by atoms with Crippen molar-refractivity contribution < 1.29 is 27.5 Å². The van der Waals surface area contributed by atoms with E-state index in [4.69, 9.17) is 4.55 Å². The highest BCUT2D eigenvalue weighted by Gasteiger charge is 2.47. The average Bonchev–Trinajstić information content (AvgIpc) is 2.31. The van der Waals surface area contributed by atoms with E-state index >= 15 is 0 Å². The van der Waals surface area contributed by atoms with Gasteiger partial charge in [0, 0.05) is 7.05 Å². The van der Waals surface area contributed by atoms with Crippen LogP contribution in [0, 0.1) is 0 Å². The number of hydroxylamine groups is 3. The van der Waals surface area contributed by atoms with Gasteiger partial charge in [-0.3, -0.25) is 14.1 Å². The van der Waals surface area contributed by atoms with Gasteiger partial charge in [-0.1, -0.05) is 0 Å². The van der Waals surface area contributed by atoms with Crippen LogP contribution >= 0.6 is 0 Å². The van der Waals surface area contributed by atoms with E-state index in [1.54, 1.807) is 0 Å². The first-order chi connectivity index (χ1) is 6.38. The number of carbonyl (C=O) groups is 2. The van der Waals surface area contributed by atoms with E-state index < -0.39 is 33.6 Å². The molecule has 0 spiro atoms. The minimum Gasteiger partial charge on any atom is -0.285 e. The van der Waals surface area contributed by atoms with E-state index in [9.17, 15) is 18.0 Å². The number of hydrogen-bond acceptors (Lipinski definition) is 6. The molecule has 1 unspecified atom stereocenters. The molecule has 14 heavy (non-hydrogen) atoms. The topological polar surface area (TPSA) is 113 Å². The molecule has 1 aliphatic heterocycles. The fourth-order valence-electron chi connectivity index (χ4n) is 1.00. The zero-order chi connectivity index (χ0) is 10.9. The van der Waals surface area contributed by atoms with Gasteiger partial charge < -0.3 is 0 Å². The summed E-state index contributed by atoms with van der Waals surface area (Å²) in [4.78, 5) is 26.5. The molecule has 0 radical (unpaired) electrons. The van der Waals surface area contributed by atoms with E-state index in [2.05, 4.69) is 10.4 Å². The van der Waals surface area contributed by atoms with Gasteiger partial charge in [-0.05, 0) is 0 Å². The van der Waals surface area contributed by atoms with Crippen LogP contribution in [0.25, 0.3) is 0 Å². The number of hydrogen-bond donors (Lipinski definition) is 2. The Morgan fingerprint density at radius 2 is 2.14 bits per heavy atom. The molecule has 0 aromatic rings. The molecule has 0 aromatic heterocycles. The van der Waals surface area contributed by atoms with Crippen LogP contribution in [-0.2, 0) is 24.6 Å². The average molecular weight is 224 g/mol. The van der Waals surface area contributed by atoms with Crippen molar-refractivity contribution in [2.24, 2.45) is 0 Å². The molecule has 0 aliphatic carbocycles. The fraction of sp³-hybridized carbons (Fsp3) is 0.600. The van der Waals surface area contributed by atoms with Gasteiger partial charge in [-0.25, -0.2) is 0 Å². The smallest absolute Gasteiger partial charge is 0.277 e.